The highest BCUT2D eigenvalue weighted by Crippen LogP contribution is 2.52. The molecule has 1 aliphatic carbocycles. The third-order valence-corrected chi connectivity index (χ3v) is 7.51. The Kier molecular flexibility index (Phi) is 7.12. The Morgan fingerprint density at radius 2 is 1.73 bits per heavy atom. The molecule has 2 nitrogen and oxygen atoms in total. The van der Waals surface area contributed by atoms with Crippen LogP contribution in [0.3, 0.4) is 0 Å². The Morgan fingerprint density at radius 3 is 2.23 bits per heavy atom. The van der Waals surface area contributed by atoms with Gasteiger partial charge in [0.2, 0.25) is 0 Å². The molecule has 1 saturated heterocycles. The van der Waals surface area contributed by atoms with Crippen molar-refractivity contribution in [3.8, 4) is 0 Å². The van der Waals surface area contributed by atoms with E-state index in [-0.39, 0.29) is 12.2 Å². The molecule has 1 heterocycles. The van der Waals surface area contributed by atoms with E-state index in [2.05, 4.69) is 38.8 Å². The highest BCUT2D eigenvalue weighted by molar-refractivity contribution is 9.12. The van der Waals surface area contributed by atoms with E-state index in [1.165, 1.54) is 19.3 Å². The number of hydrogen-bond acceptors (Lipinski definition) is 2. The van der Waals surface area contributed by atoms with Crippen LogP contribution in [-0.4, -0.2) is 28.7 Å². The number of unbranched alkanes of at least 4 members (excludes halogenated alkanes) is 2. The Labute approximate surface area is 148 Å². The largest absolute Gasteiger partial charge is 0.352 e. The van der Waals surface area contributed by atoms with Crippen LogP contribution in [-0.2, 0) is 9.47 Å². The second-order valence-electron chi connectivity index (χ2n) is 6.70. The summed E-state index contributed by atoms with van der Waals surface area (Å²) < 4.78 is 37.8. The van der Waals surface area contributed by atoms with E-state index < -0.39 is 9.16 Å². The number of ether oxygens (including phenoxy) is 2. The van der Waals surface area contributed by atoms with Gasteiger partial charge in [0.05, 0.1) is 17.5 Å². The molecule has 1 aliphatic heterocycles. The van der Waals surface area contributed by atoms with E-state index in [4.69, 9.17) is 9.47 Å². The van der Waals surface area contributed by atoms with Gasteiger partial charge in [0.25, 0.3) is 0 Å². The maximum Gasteiger partial charge on any atom is 0.316 e. The molecule has 0 spiro atoms. The molecule has 0 amide bonds. The zero-order valence-corrected chi connectivity index (χ0v) is 16.3. The summed E-state index contributed by atoms with van der Waals surface area (Å²) >= 11 is 5.74. The van der Waals surface area contributed by atoms with Gasteiger partial charge in [-0.2, -0.15) is 8.78 Å². The number of alkyl halides is 4. The summed E-state index contributed by atoms with van der Waals surface area (Å²) in [5, 5.41) is 0. The molecule has 0 aromatic rings. The maximum absolute atomic E-state index is 13.6. The highest BCUT2D eigenvalue weighted by atomic mass is 79.9. The minimum Gasteiger partial charge on any atom is -0.352 e. The van der Waals surface area contributed by atoms with Crippen molar-refractivity contribution in [3.63, 3.8) is 0 Å². The molecular weight excluding hydrogens is 422 g/mol. The van der Waals surface area contributed by atoms with Gasteiger partial charge in [-0.3, -0.25) is 0 Å². The van der Waals surface area contributed by atoms with Gasteiger partial charge >= 0.3 is 4.83 Å². The lowest BCUT2D eigenvalue weighted by atomic mass is 9.81. The van der Waals surface area contributed by atoms with Crippen LogP contribution in [0.25, 0.3) is 0 Å². The van der Waals surface area contributed by atoms with Gasteiger partial charge in [0.1, 0.15) is 0 Å². The van der Waals surface area contributed by atoms with Crippen molar-refractivity contribution in [2.75, 3.05) is 13.2 Å². The molecule has 2 fully saturated rings. The molecule has 2 aliphatic rings. The lowest BCUT2D eigenvalue weighted by Gasteiger charge is -2.42. The minimum absolute atomic E-state index is 0.205. The average molecular weight is 448 g/mol. The van der Waals surface area contributed by atoms with E-state index in [0.717, 1.165) is 19.6 Å². The second kappa shape index (κ2) is 8.21. The summed E-state index contributed by atoms with van der Waals surface area (Å²) in [6.45, 7) is 3.70. The predicted octanol–water partition coefficient (Wildman–Crippen LogP) is 5.87. The Balaban J connectivity index is 1.73. The molecule has 0 atom stereocenters. The molecular formula is C16H26Br2F2O2. The third kappa shape index (κ3) is 4.87. The Bertz CT molecular complexity index is 334. The summed E-state index contributed by atoms with van der Waals surface area (Å²) in [7, 11) is 0. The number of hydrogen-bond donors (Lipinski definition) is 0. The molecule has 2 rings (SSSR count). The van der Waals surface area contributed by atoms with Gasteiger partial charge in [0, 0.05) is 11.8 Å². The van der Waals surface area contributed by atoms with Crippen molar-refractivity contribution < 1.29 is 18.3 Å². The molecule has 0 bridgehead atoms. The SMILES string of the molecule is CCCCCC1COC(C2CCC(Br)(C(F)(F)Br)CC2)OC1. The fraction of sp³-hybridized carbons (Fsp3) is 1.00. The van der Waals surface area contributed by atoms with Crippen LogP contribution in [0.1, 0.15) is 58.3 Å². The van der Waals surface area contributed by atoms with Crippen molar-refractivity contribution in [1.82, 2.24) is 0 Å². The standard InChI is InChI=1S/C16H26Br2F2O2/c1-2-3-4-5-12-10-21-14(22-11-12)13-6-8-15(17,9-7-13)16(18,19)20/h12-14H,2-11H2,1H3. The number of halogens is 4. The predicted molar refractivity (Wildman–Crippen MR) is 90.8 cm³/mol. The molecule has 6 heteroatoms. The Hall–Kier alpha value is 0.740. The lowest BCUT2D eigenvalue weighted by Crippen LogP contribution is -2.45. The van der Waals surface area contributed by atoms with Crippen LogP contribution < -0.4 is 0 Å². The normalized spacial score (nSPS) is 37.2. The molecule has 0 N–H and O–H groups in total. The molecule has 1 saturated carbocycles. The van der Waals surface area contributed by atoms with Gasteiger partial charge in [-0.05, 0) is 48.0 Å². The minimum atomic E-state index is -2.87. The van der Waals surface area contributed by atoms with E-state index in [9.17, 15) is 8.78 Å². The van der Waals surface area contributed by atoms with Crippen LogP contribution in [0.15, 0.2) is 0 Å². The first-order valence-electron chi connectivity index (χ1n) is 8.34. The first-order valence-corrected chi connectivity index (χ1v) is 9.93. The average Bonchev–Trinajstić information content (AvgIpc) is 2.48. The zero-order chi connectivity index (χ0) is 16.2. The van der Waals surface area contributed by atoms with E-state index >= 15 is 0 Å². The fourth-order valence-electron chi connectivity index (χ4n) is 3.33. The van der Waals surface area contributed by atoms with Crippen molar-refractivity contribution in [3.05, 3.63) is 0 Å². The molecule has 22 heavy (non-hydrogen) atoms. The quantitative estimate of drug-likeness (QED) is 0.374. The van der Waals surface area contributed by atoms with E-state index in [1.54, 1.807) is 0 Å². The summed E-state index contributed by atoms with van der Waals surface area (Å²) in [6, 6.07) is 0. The van der Waals surface area contributed by atoms with Crippen molar-refractivity contribution >= 4 is 31.9 Å². The van der Waals surface area contributed by atoms with Gasteiger partial charge in [-0.15, -0.1) is 0 Å². The van der Waals surface area contributed by atoms with E-state index in [0.29, 0.717) is 31.6 Å². The highest BCUT2D eigenvalue weighted by Gasteiger charge is 2.52. The van der Waals surface area contributed by atoms with Crippen LogP contribution in [0.4, 0.5) is 8.78 Å². The molecule has 0 radical (unpaired) electrons. The van der Waals surface area contributed by atoms with Crippen molar-refractivity contribution in [2.24, 2.45) is 11.8 Å². The Morgan fingerprint density at radius 1 is 1.14 bits per heavy atom. The molecule has 0 unspecified atom stereocenters. The first-order chi connectivity index (χ1) is 10.4. The smallest absolute Gasteiger partial charge is 0.316 e. The third-order valence-electron chi connectivity index (χ3n) is 4.92. The van der Waals surface area contributed by atoms with Gasteiger partial charge in [0.15, 0.2) is 6.29 Å². The summed E-state index contributed by atoms with van der Waals surface area (Å²) in [5.41, 5.74) is 0. The summed E-state index contributed by atoms with van der Waals surface area (Å²) in [5.74, 6) is 0.727. The fourth-order valence-corrected chi connectivity index (χ4v) is 4.19. The summed E-state index contributed by atoms with van der Waals surface area (Å²) in [6.07, 6.45) is 6.94. The van der Waals surface area contributed by atoms with Gasteiger partial charge in [-0.25, -0.2) is 0 Å². The summed E-state index contributed by atoms with van der Waals surface area (Å²) in [4.78, 5) is -2.87. The van der Waals surface area contributed by atoms with Gasteiger partial charge in [-0.1, -0.05) is 42.1 Å². The zero-order valence-electron chi connectivity index (χ0n) is 13.1. The van der Waals surface area contributed by atoms with Crippen LogP contribution >= 0.6 is 31.9 Å². The molecule has 0 aromatic heterocycles. The first kappa shape index (κ1) is 19.1. The van der Waals surface area contributed by atoms with Crippen LogP contribution in [0, 0.1) is 11.8 Å². The van der Waals surface area contributed by atoms with Crippen LogP contribution in [0.2, 0.25) is 0 Å². The van der Waals surface area contributed by atoms with E-state index in [1.807, 2.05) is 0 Å². The van der Waals surface area contributed by atoms with Crippen molar-refractivity contribution in [1.29, 1.82) is 0 Å². The lowest BCUT2D eigenvalue weighted by molar-refractivity contribution is -0.230. The molecule has 0 aromatic carbocycles. The molecule has 130 valence electrons. The topological polar surface area (TPSA) is 18.5 Å². The van der Waals surface area contributed by atoms with Crippen LogP contribution in [0.5, 0.6) is 0 Å². The van der Waals surface area contributed by atoms with Crippen molar-refractivity contribution in [2.45, 2.75) is 73.7 Å². The van der Waals surface area contributed by atoms with Gasteiger partial charge < -0.3 is 9.47 Å². The second-order valence-corrected chi connectivity index (χ2v) is 9.21. The number of rotatable bonds is 6. The monoisotopic (exact) mass is 446 g/mol. The maximum atomic E-state index is 13.6.